The van der Waals surface area contributed by atoms with E-state index in [1.807, 2.05) is 24.3 Å². The summed E-state index contributed by atoms with van der Waals surface area (Å²) in [5.74, 6) is 0.870. The van der Waals surface area contributed by atoms with Gasteiger partial charge in [-0.3, -0.25) is 0 Å². The van der Waals surface area contributed by atoms with Crippen LogP contribution in [0.2, 0.25) is 0 Å². The molecule has 6 heteroatoms. The van der Waals surface area contributed by atoms with E-state index in [0.29, 0.717) is 18.1 Å². The van der Waals surface area contributed by atoms with E-state index >= 15 is 0 Å². The van der Waals surface area contributed by atoms with Gasteiger partial charge >= 0.3 is 0 Å². The van der Waals surface area contributed by atoms with Gasteiger partial charge < -0.3 is 14.2 Å². The second kappa shape index (κ2) is 9.02. The molecule has 0 saturated heterocycles. The molecular weight excluding hydrogens is 384 g/mol. The average molecular weight is 407 g/mol. The molecule has 25 heavy (non-hydrogen) atoms. The molecule has 0 fully saturated rings. The van der Waals surface area contributed by atoms with Crippen LogP contribution in [-0.4, -0.2) is 30.3 Å². The maximum atomic E-state index is 9.14. The lowest BCUT2D eigenvalue weighted by Crippen LogP contribution is -2.33. The van der Waals surface area contributed by atoms with Crippen LogP contribution in [0.1, 0.15) is 43.4 Å². The van der Waals surface area contributed by atoms with Crippen molar-refractivity contribution in [2.45, 2.75) is 36.6 Å². The van der Waals surface area contributed by atoms with Crippen LogP contribution in [-0.2, 0) is 9.47 Å². The molecule has 1 aromatic heterocycles. The fourth-order valence-corrected chi connectivity index (χ4v) is 3.44. The first-order chi connectivity index (χ1) is 12.1. The first kappa shape index (κ1) is 19.5. The van der Waals surface area contributed by atoms with E-state index in [9.17, 15) is 0 Å². The van der Waals surface area contributed by atoms with E-state index in [4.69, 9.17) is 19.5 Å². The van der Waals surface area contributed by atoms with Gasteiger partial charge in [-0.15, -0.1) is 0 Å². The number of unbranched alkanes of at least 4 members (excludes halogenated alkanes) is 2. The van der Waals surface area contributed by atoms with Gasteiger partial charge in [-0.05, 0) is 40.6 Å². The summed E-state index contributed by atoms with van der Waals surface area (Å²) in [5, 5.41) is 9.14. The fraction of sp³-hybridized carbons (Fsp3) is 0.474. The Kier molecular flexibility index (Phi) is 7.03. The van der Waals surface area contributed by atoms with Crippen molar-refractivity contribution in [3.05, 3.63) is 47.4 Å². The average Bonchev–Trinajstić information content (AvgIpc) is 2.64. The first-order valence-electron chi connectivity index (χ1n) is 8.31. The largest absolute Gasteiger partial charge is 0.497 e. The number of hydrogen-bond donors (Lipinski definition) is 0. The topological polar surface area (TPSA) is 64.4 Å². The van der Waals surface area contributed by atoms with Gasteiger partial charge in [0.2, 0.25) is 5.88 Å². The fourth-order valence-electron chi connectivity index (χ4n) is 2.66. The zero-order valence-corrected chi connectivity index (χ0v) is 16.4. The Morgan fingerprint density at radius 3 is 2.72 bits per heavy atom. The molecule has 0 aliphatic heterocycles. The summed E-state index contributed by atoms with van der Waals surface area (Å²) in [6, 6.07) is 5.63. The summed E-state index contributed by atoms with van der Waals surface area (Å²) in [6.07, 6.45) is 9.03. The number of nitrogens with zero attached hydrogens (tertiary/aromatic N) is 2. The molecule has 134 valence electrons. The molecule has 2 atom stereocenters. The smallest absolute Gasteiger partial charge is 0.231 e. The van der Waals surface area contributed by atoms with Gasteiger partial charge in [0, 0.05) is 12.7 Å². The summed E-state index contributed by atoms with van der Waals surface area (Å²) >= 11 is 3.74. The Hall–Kier alpha value is -1.84. The lowest BCUT2D eigenvalue weighted by Gasteiger charge is -2.34. The molecule has 0 saturated carbocycles. The van der Waals surface area contributed by atoms with Gasteiger partial charge in [0.1, 0.15) is 17.4 Å². The number of alkyl halides is 1. The van der Waals surface area contributed by atoms with Gasteiger partial charge in [-0.25, -0.2) is 4.98 Å². The Balaban J connectivity index is 2.32. The van der Waals surface area contributed by atoms with Crippen molar-refractivity contribution in [2.24, 2.45) is 0 Å². The van der Waals surface area contributed by atoms with E-state index in [1.165, 1.54) is 7.11 Å². The normalized spacial score (nSPS) is 22.2. The molecule has 1 aromatic rings. The van der Waals surface area contributed by atoms with Gasteiger partial charge in [0.05, 0.1) is 25.8 Å². The molecule has 1 aliphatic rings. The maximum Gasteiger partial charge on any atom is 0.231 e. The van der Waals surface area contributed by atoms with Crippen LogP contribution in [0.25, 0.3) is 0 Å². The van der Waals surface area contributed by atoms with Crippen molar-refractivity contribution < 1.29 is 14.2 Å². The van der Waals surface area contributed by atoms with Crippen molar-refractivity contribution >= 4 is 15.9 Å². The van der Waals surface area contributed by atoms with Gasteiger partial charge in [0.25, 0.3) is 0 Å². The standard InChI is InChI=1S/C19H23BrN2O3/c1-4-5-6-11-25-19(20)12-15(23-2)8-9-16(19)17-10-7-14(13-21)18(22-17)24-3/h7-10,12,16H,4-6,11H2,1-3H3. The van der Waals surface area contributed by atoms with E-state index in [-0.39, 0.29) is 5.92 Å². The zero-order valence-electron chi connectivity index (χ0n) is 14.8. The number of pyridine rings is 1. The molecule has 5 nitrogen and oxygen atoms in total. The third-order valence-corrected chi connectivity index (χ3v) is 4.99. The number of aromatic nitrogens is 1. The second-order valence-corrected chi connectivity index (χ2v) is 6.99. The third kappa shape index (κ3) is 4.62. The van der Waals surface area contributed by atoms with Gasteiger partial charge in [-0.1, -0.05) is 25.8 Å². The Bertz CT molecular complexity index is 696. The molecule has 0 N–H and O–H groups in total. The van der Waals surface area contributed by atoms with Crippen LogP contribution in [0.4, 0.5) is 0 Å². The number of rotatable bonds is 8. The monoisotopic (exact) mass is 406 g/mol. The summed E-state index contributed by atoms with van der Waals surface area (Å²) in [7, 11) is 3.14. The van der Waals surface area contributed by atoms with Crippen LogP contribution >= 0.6 is 15.9 Å². The van der Waals surface area contributed by atoms with Crippen LogP contribution in [0.15, 0.2) is 36.1 Å². The van der Waals surface area contributed by atoms with Crippen LogP contribution in [0.3, 0.4) is 0 Å². The van der Waals surface area contributed by atoms with Crippen molar-refractivity contribution in [2.75, 3.05) is 20.8 Å². The minimum Gasteiger partial charge on any atom is -0.497 e. The van der Waals surface area contributed by atoms with Crippen molar-refractivity contribution in [3.8, 4) is 11.9 Å². The highest BCUT2D eigenvalue weighted by molar-refractivity contribution is 9.10. The van der Waals surface area contributed by atoms with Crippen molar-refractivity contribution in [1.29, 1.82) is 5.26 Å². The van der Waals surface area contributed by atoms with Crippen LogP contribution < -0.4 is 4.74 Å². The number of nitriles is 1. The molecule has 2 rings (SSSR count). The number of ether oxygens (including phenoxy) is 3. The van der Waals surface area contributed by atoms with E-state index in [1.54, 1.807) is 13.2 Å². The predicted molar refractivity (Wildman–Crippen MR) is 99.6 cm³/mol. The number of hydrogen-bond acceptors (Lipinski definition) is 5. The van der Waals surface area contributed by atoms with Crippen LogP contribution in [0.5, 0.6) is 5.88 Å². The maximum absolute atomic E-state index is 9.14. The molecule has 1 aliphatic carbocycles. The highest BCUT2D eigenvalue weighted by Gasteiger charge is 2.39. The molecule has 0 bridgehead atoms. The molecule has 0 aromatic carbocycles. The van der Waals surface area contributed by atoms with E-state index < -0.39 is 4.51 Å². The van der Waals surface area contributed by atoms with Crippen molar-refractivity contribution in [3.63, 3.8) is 0 Å². The summed E-state index contributed by atoms with van der Waals surface area (Å²) < 4.78 is 16.0. The summed E-state index contributed by atoms with van der Waals surface area (Å²) in [4.78, 5) is 4.50. The Labute approximate surface area is 157 Å². The van der Waals surface area contributed by atoms with Gasteiger partial charge in [-0.2, -0.15) is 5.26 Å². The minimum atomic E-state index is -0.757. The predicted octanol–water partition coefficient (Wildman–Crippen LogP) is 4.44. The number of methoxy groups -OCH3 is 2. The molecule has 0 radical (unpaired) electrons. The second-order valence-electron chi connectivity index (χ2n) is 5.75. The number of halogens is 1. The molecule has 1 heterocycles. The Morgan fingerprint density at radius 1 is 1.28 bits per heavy atom. The quantitative estimate of drug-likeness (QED) is 0.471. The third-order valence-electron chi connectivity index (χ3n) is 4.04. The summed E-state index contributed by atoms with van der Waals surface area (Å²) in [6.45, 7) is 2.79. The lowest BCUT2D eigenvalue weighted by molar-refractivity contribution is 0.0476. The van der Waals surface area contributed by atoms with Crippen molar-refractivity contribution in [1.82, 2.24) is 4.98 Å². The van der Waals surface area contributed by atoms with Crippen LogP contribution in [0, 0.1) is 11.3 Å². The molecular formula is C19H23BrN2O3. The minimum absolute atomic E-state index is 0.172. The highest BCUT2D eigenvalue weighted by Crippen LogP contribution is 2.43. The molecule has 2 unspecified atom stereocenters. The zero-order chi connectivity index (χ0) is 18.3. The molecule has 0 spiro atoms. The highest BCUT2D eigenvalue weighted by atomic mass is 79.9. The van der Waals surface area contributed by atoms with E-state index in [2.05, 4.69) is 33.9 Å². The first-order valence-corrected chi connectivity index (χ1v) is 9.10. The lowest BCUT2D eigenvalue weighted by atomic mass is 9.92. The Morgan fingerprint density at radius 2 is 2.08 bits per heavy atom. The van der Waals surface area contributed by atoms with E-state index in [0.717, 1.165) is 30.7 Å². The number of allylic oxidation sites excluding steroid dienone is 1. The SMILES string of the molecule is CCCCCOC1(Br)C=C(OC)C=CC1c1ccc(C#N)c(OC)n1. The summed E-state index contributed by atoms with van der Waals surface area (Å²) in [5.41, 5.74) is 1.16. The molecule has 0 amide bonds. The van der Waals surface area contributed by atoms with Gasteiger partial charge in [0.15, 0.2) is 4.51 Å².